The van der Waals surface area contributed by atoms with Gasteiger partial charge in [-0.15, -0.1) is 0 Å². The van der Waals surface area contributed by atoms with Crippen LogP contribution in [-0.4, -0.2) is 28.5 Å². The lowest BCUT2D eigenvalue weighted by Gasteiger charge is -2.21. The molecule has 0 saturated heterocycles. The van der Waals surface area contributed by atoms with Gasteiger partial charge in [-0.1, -0.05) is 12.1 Å². The molecule has 1 amide bonds. The van der Waals surface area contributed by atoms with E-state index in [1.807, 2.05) is 0 Å². The molecule has 1 unspecified atom stereocenters. The summed E-state index contributed by atoms with van der Waals surface area (Å²) in [4.78, 5) is 11.7. The first-order valence-corrected chi connectivity index (χ1v) is 5.93. The lowest BCUT2D eigenvalue weighted by atomic mass is 10.1. The highest BCUT2D eigenvalue weighted by Crippen LogP contribution is 2.31. The van der Waals surface area contributed by atoms with Gasteiger partial charge in [-0.3, -0.25) is 5.32 Å². The summed E-state index contributed by atoms with van der Waals surface area (Å²) in [5.41, 5.74) is 5.66. The summed E-state index contributed by atoms with van der Waals surface area (Å²) in [5.74, 6) is -0.132. The van der Waals surface area contributed by atoms with Gasteiger partial charge in [0.2, 0.25) is 0 Å². The van der Waals surface area contributed by atoms with E-state index in [4.69, 9.17) is 15.6 Å². The van der Waals surface area contributed by atoms with E-state index < -0.39 is 17.7 Å². The van der Waals surface area contributed by atoms with Gasteiger partial charge in [-0.25, -0.2) is 4.79 Å². The zero-order valence-electron chi connectivity index (χ0n) is 11.3. The van der Waals surface area contributed by atoms with Crippen LogP contribution in [-0.2, 0) is 4.74 Å². The van der Waals surface area contributed by atoms with Crippen LogP contribution in [0.4, 0.5) is 10.5 Å². The SMILES string of the molecule is CC(C)(C)OC(=O)Nc1c(O)cccc1C(N)CO. The summed E-state index contributed by atoms with van der Waals surface area (Å²) in [7, 11) is 0. The van der Waals surface area contributed by atoms with Crippen molar-refractivity contribution in [3.63, 3.8) is 0 Å². The van der Waals surface area contributed by atoms with Gasteiger partial charge >= 0.3 is 6.09 Å². The van der Waals surface area contributed by atoms with Crippen molar-refractivity contribution in [3.8, 4) is 5.75 Å². The fourth-order valence-electron chi connectivity index (χ4n) is 1.51. The van der Waals surface area contributed by atoms with Gasteiger partial charge in [0.05, 0.1) is 18.3 Å². The summed E-state index contributed by atoms with van der Waals surface area (Å²) in [6.45, 7) is 4.90. The molecule has 0 saturated carbocycles. The number of hydrogen-bond acceptors (Lipinski definition) is 5. The van der Waals surface area contributed by atoms with Gasteiger partial charge < -0.3 is 20.7 Å². The first-order valence-electron chi connectivity index (χ1n) is 5.93. The minimum Gasteiger partial charge on any atom is -0.506 e. The summed E-state index contributed by atoms with van der Waals surface area (Å²) in [6, 6.07) is 3.92. The molecule has 5 N–H and O–H groups in total. The van der Waals surface area contributed by atoms with Gasteiger partial charge in [0.1, 0.15) is 11.4 Å². The quantitative estimate of drug-likeness (QED) is 0.625. The number of aliphatic hydroxyl groups is 1. The first kappa shape index (κ1) is 15.3. The summed E-state index contributed by atoms with van der Waals surface area (Å²) >= 11 is 0. The molecule has 1 aromatic rings. The van der Waals surface area contributed by atoms with E-state index >= 15 is 0 Å². The zero-order chi connectivity index (χ0) is 14.6. The predicted octanol–water partition coefficient (Wildman–Crippen LogP) is 1.73. The first-order chi connectivity index (χ1) is 8.74. The number of phenolic OH excluding ortho intramolecular Hbond substituents is 1. The molecular formula is C13H20N2O4. The van der Waals surface area contributed by atoms with Gasteiger partial charge in [0.25, 0.3) is 0 Å². The number of benzene rings is 1. The molecule has 0 aliphatic heterocycles. The molecule has 0 heterocycles. The maximum absolute atomic E-state index is 11.7. The van der Waals surface area contributed by atoms with Crippen molar-refractivity contribution < 1.29 is 19.7 Å². The Balaban J connectivity index is 2.97. The minimum absolute atomic E-state index is 0.132. The van der Waals surface area contributed by atoms with Crippen LogP contribution >= 0.6 is 0 Å². The number of hydrogen-bond donors (Lipinski definition) is 4. The average Bonchev–Trinajstić information content (AvgIpc) is 2.28. The average molecular weight is 268 g/mol. The molecule has 19 heavy (non-hydrogen) atoms. The highest BCUT2D eigenvalue weighted by molar-refractivity contribution is 5.88. The lowest BCUT2D eigenvalue weighted by Crippen LogP contribution is -2.28. The van der Waals surface area contributed by atoms with Crippen molar-refractivity contribution in [2.24, 2.45) is 5.73 Å². The van der Waals surface area contributed by atoms with Crippen LogP contribution in [0.5, 0.6) is 5.75 Å². The molecule has 0 bridgehead atoms. The number of carbonyl (C=O) groups is 1. The van der Waals surface area contributed by atoms with Crippen molar-refractivity contribution >= 4 is 11.8 Å². The molecule has 0 radical (unpaired) electrons. The van der Waals surface area contributed by atoms with Gasteiger partial charge in [0.15, 0.2) is 0 Å². The monoisotopic (exact) mass is 268 g/mol. The van der Waals surface area contributed by atoms with Crippen molar-refractivity contribution in [2.75, 3.05) is 11.9 Å². The molecule has 106 valence electrons. The summed E-state index contributed by atoms with van der Waals surface area (Å²) in [6.07, 6.45) is -0.694. The Morgan fingerprint density at radius 3 is 2.63 bits per heavy atom. The van der Waals surface area contributed by atoms with Gasteiger partial charge in [0, 0.05) is 0 Å². The molecule has 0 spiro atoms. The van der Waals surface area contributed by atoms with Crippen LogP contribution in [0.25, 0.3) is 0 Å². The number of anilines is 1. The number of aromatic hydroxyl groups is 1. The standard InChI is InChI=1S/C13H20N2O4/c1-13(2,3)19-12(18)15-11-8(9(14)7-16)5-4-6-10(11)17/h4-6,9,16-17H,7,14H2,1-3H3,(H,15,18). The summed E-state index contributed by atoms with van der Waals surface area (Å²) in [5, 5.41) is 21.3. The van der Waals surface area contributed by atoms with Gasteiger partial charge in [-0.05, 0) is 32.4 Å². The molecule has 0 aliphatic rings. The van der Waals surface area contributed by atoms with Gasteiger partial charge in [-0.2, -0.15) is 0 Å². The Morgan fingerprint density at radius 2 is 2.11 bits per heavy atom. The number of amides is 1. The third-order valence-corrected chi connectivity index (χ3v) is 2.30. The second-order valence-electron chi connectivity index (χ2n) is 5.16. The molecule has 0 fully saturated rings. The van der Waals surface area contributed by atoms with Crippen LogP contribution in [0.1, 0.15) is 32.4 Å². The molecule has 0 aromatic heterocycles. The normalized spacial score (nSPS) is 12.9. The third-order valence-electron chi connectivity index (χ3n) is 2.30. The minimum atomic E-state index is -0.697. The van der Waals surface area contributed by atoms with Crippen molar-refractivity contribution in [1.29, 1.82) is 0 Å². The van der Waals surface area contributed by atoms with E-state index in [0.717, 1.165) is 0 Å². The molecule has 0 aliphatic carbocycles. The van der Waals surface area contributed by atoms with Crippen LogP contribution in [0.15, 0.2) is 18.2 Å². The van der Waals surface area contributed by atoms with Crippen molar-refractivity contribution in [2.45, 2.75) is 32.4 Å². The largest absolute Gasteiger partial charge is 0.506 e. The lowest BCUT2D eigenvalue weighted by molar-refractivity contribution is 0.0635. The van der Waals surface area contributed by atoms with E-state index in [2.05, 4.69) is 5.32 Å². The van der Waals surface area contributed by atoms with Crippen LogP contribution in [0, 0.1) is 0 Å². The molecule has 6 heteroatoms. The Labute approximate surface area is 112 Å². The van der Waals surface area contributed by atoms with E-state index in [-0.39, 0.29) is 18.0 Å². The highest BCUT2D eigenvalue weighted by atomic mass is 16.6. The second-order valence-corrected chi connectivity index (χ2v) is 5.16. The smallest absolute Gasteiger partial charge is 0.412 e. The molecule has 1 aromatic carbocycles. The number of nitrogens with two attached hydrogens (primary N) is 1. The van der Waals surface area contributed by atoms with Crippen LogP contribution in [0.3, 0.4) is 0 Å². The Kier molecular flexibility index (Phi) is 4.74. The highest BCUT2D eigenvalue weighted by Gasteiger charge is 2.20. The fraction of sp³-hybridized carbons (Fsp3) is 0.462. The van der Waals surface area contributed by atoms with Crippen LogP contribution in [0.2, 0.25) is 0 Å². The number of phenols is 1. The molecule has 1 rings (SSSR count). The molecule has 1 atom stereocenters. The second kappa shape index (κ2) is 5.90. The van der Waals surface area contributed by atoms with E-state index in [0.29, 0.717) is 5.56 Å². The zero-order valence-corrected chi connectivity index (χ0v) is 11.3. The van der Waals surface area contributed by atoms with E-state index in [9.17, 15) is 9.90 Å². The molecule has 6 nitrogen and oxygen atoms in total. The van der Waals surface area contributed by atoms with Crippen molar-refractivity contribution in [3.05, 3.63) is 23.8 Å². The number of rotatable bonds is 3. The van der Waals surface area contributed by atoms with Crippen molar-refractivity contribution in [1.82, 2.24) is 0 Å². The number of nitrogens with one attached hydrogen (secondary N) is 1. The number of carbonyl (C=O) groups excluding carboxylic acids is 1. The third kappa shape index (κ3) is 4.42. The van der Waals surface area contributed by atoms with E-state index in [1.54, 1.807) is 32.9 Å². The van der Waals surface area contributed by atoms with E-state index in [1.165, 1.54) is 6.07 Å². The number of ether oxygens (including phenoxy) is 1. The number of para-hydroxylation sites is 1. The number of aliphatic hydroxyl groups excluding tert-OH is 1. The Hall–Kier alpha value is -1.79. The topological polar surface area (TPSA) is 105 Å². The maximum atomic E-state index is 11.7. The van der Waals surface area contributed by atoms with Crippen LogP contribution < -0.4 is 11.1 Å². The predicted molar refractivity (Wildman–Crippen MR) is 72.0 cm³/mol. The maximum Gasteiger partial charge on any atom is 0.412 e. The fourth-order valence-corrected chi connectivity index (χ4v) is 1.51. The Morgan fingerprint density at radius 1 is 1.47 bits per heavy atom. The Bertz CT molecular complexity index is 454. The summed E-state index contributed by atoms with van der Waals surface area (Å²) < 4.78 is 5.10. The molecular weight excluding hydrogens is 248 g/mol.